The van der Waals surface area contributed by atoms with Gasteiger partial charge in [-0.3, -0.25) is 14.2 Å². The molecule has 0 radical (unpaired) electrons. The summed E-state index contributed by atoms with van der Waals surface area (Å²) in [5.74, 6) is -1.67. The summed E-state index contributed by atoms with van der Waals surface area (Å²) in [5.41, 5.74) is 2.01. The third-order valence-corrected chi connectivity index (χ3v) is 5.27. The molecule has 0 N–H and O–H groups in total. The van der Waals surface area contributed by atoms with E-state index in [1.165, 1.54) is 10.9 Å². The van der Waals surface area contributed by atoms with E-state index in [4.69, 9.17) is 4.74 Å². The zero-order valence-corrected chi connectivity index (χ0v) is 19.4. The van der Waals surface area contributed by atoms with Crippen LogP contribution in [0.2, 0.25) is 0 Å². The molecule has 0 fully saturated rings. The summed E-state index contributed by atoms with van der Waals surface area (Å²) in [5, 5.41) is 0. The number of hydrogen-bond acceptors (Lipinski definition) is 7. The van der Waals surface area contributed by atoms with Gasteiger partial charge in [-0.25, -0.2) is 14.8 Å². The molecule has 0 amide bonds. The highest BCUT2D eigenvalue weighted by molar-refractivity contribution is 6.39. The van der Waals surface area contributed by atoms with Crippen molar-refractivity contribution in [3.8, 4) is 0 Å². The Morgan fingerprint density at radius 2 is 1.60 bits per heavy atom. The molecule has 0 aliphatic carbocycles. The number of esters is 1. The van der Waals surface area contributed by atoms with Crippen molar-refractivity contribution in [3.05, 3.63) is 100 Å². The van der Waals surface area contributed by atoms with Crippen LogP contribution in [0.1, 0.15) is 23.9 Å². The predicted molar refractivity (Wildman–Crippen MR) is 130 cm³/mol. The highest BCUT2D eigenvalue weighted by Gasteiger charge is 2.23. The maximum Gasteiger partial charge on any atom is 0.378 e. The van der Waals surface area contributed by atoms with E-state index in [1.54, 1.807) is 11.5 Å². The lowest BCUT2D eigenvalue weighted by Gasteiger charge is -2.12. The molecule has 0 unspecified atom stereocenters. The van der Waals surface area contributed by atoms with Gasteiger partial charge in [0.1, 0.15) is 6.33 Å². The Morgan fingerprint density at radius 3 is 2.20 bits per heavy atom. The molecule has 4 aromatic rings. The highest BCUT2D eigenvalue weighted by Crippen LogP contribution is 2.22. The molecule has 2 heterocycles. The second kappa shape index (κ2) is 10.6. The summed E-state index contributed by atoms with van der Waals surface area (Å²) in [4.78, 5) is 46.5. The molecule has 2 aromatic carbocycles. The quantitative estimate of drug-likeness (QED) is 0.160. The van der Waals surface area contributed by atoms with Crippen LogP contribution in [0.4, 0.5) is 0 Å². The summed E-state index contributed by atoms with van der Waals surface area (Å²) >= 11 is 0. The predicted octanol–water partition coefficient (Wildman–Crippen LogP) is 2.81. The zero-order valence-electron chi connectivity index (χ0n) is 19.4. The van der Waals surface area contributed by atoms with Crippen LogP contribution in [0.15, 0.2) is 77.9 Å². The van der Waals surface area contributed by atoms with Crippen LogP contribution in [-0.4, -0.2) is 44.6 Å². The van der Waals surface area contributed by atoms with E-state index in [9.17, 15) is 14.4 Å². The molecule has 0 bridgehead atoms. The number of aromatic nitrogens is 4. The molecule has 0 saturated carbocycles. The number of ether oxygens (including phenoxy) is 2. The normalized spacial score (nSPS) is 11.4. The van der Waals surface area contributed by atoms with E-state index in [1.807, 2.05) is 60.7 Å². The first-order valence-corrected chi connectivity index (χ1v) is 11.0. The molecule has 9 nitrogen and oxygen atoms in total. The first-order chi connectivity index (χ1) is 17.0. The number of ketones is 1. The summed E-state index contributed by atoms with van der Waals surface area (Å²) in [7, 11) is 1.12. The van der Waals surface area contributed by atoms with Crippen LogP contribution in [0.5, 0.6) is 0 Å². The third-order valence-electron chi connectivity index (χ3n) is 5.27. The lowest BCUT2D eigenvalue weighted by Crippen LogP contribution is -2.21. The van der Waals surface area contributed by atoms with E-state index < -0.39 is 11.8 Å². The topological polar surface area (TPSA) is 105 Å². The maximum atomic E-state index is 13.4. The molecule has 35 heavy (non-hydrogen) atoms. The monoisotopic (exact) mass is 472 g/mol. The van der Waals surface area contributed by atoms with Gasteiger partial charge in [0.25, 0.3) is 11.3 Å². The van der Waals surface area contributed by atoms with Gasteiger partial charge in [0.05, 0.1) is 26.8 Å². The lowest BCUT2D eigenvalue weighted by molar-refractivity contribution is -0.149. The molecule has 0 aliphatic heterocycles. The fraction of sp³-hybridized carbons (Fsp3) is 0.192. The number of benzene rings is 2. The van der Waals surface area contributed by atoms with Gasteiger partial charge in [-0.15, -0.1) is 0 Å². The smallest absolute Gasteiger partial charge is 0.378 e. The molecular weight excluding hydrogens is 448 g/mol. The molecule has 0 aliphatic rings. The van der Waals surface area contributed by atoms with Gasteiger partial charge in [-0.2, -0.15) is 0 Å². The van der Waals surface area contributed by atoms with Crippen molar-refractivity contribution in [2.45, 2.75) is 20.0 Å². The number of methoxy groups -OCH3 is 1. The maximum absolute atomic E-state index is 13.4. The fourth-order valence-electron chi connectivity index (χ4n) is 3.63. The van der Waals surface area contributed by atoms with Gasteiger partial charge in [0.15, 0.2) is 22.7 Å². The van der Waals surface area contributed by atoms with Gasteiger partial charge in [0.2, 0.25) is 0 Å². The standard InChI is InChI=1S/C26H24N4O5/c1-3-35-21(14-20(31)26(33)34-2)23-28-22-24(30(23)16-19-12-8-5-9-13-19)27-17-29(25(22)32)15-18-10-6-4-7-11-18/h4-14,17H,3,15-16H2,1-2H3. The van der Waals surface area contributed by atoms with Crippen molar-refractivity contribution in [2.24, 2.45) is 0 Å². The first kappa shape index (κ1) is 23.6. The number of carbonyl (C=O) groups excluding carboxylic acids is 2. The number of fused-ring (bicyclic) bond motifs is 1. The van der Waals surface area contributed by atoms with Crippen LogP contribution in [0.3, 0.4) is 0 Å². The van der Waals surface area contributed by atoms with Gasteiger partial charge in [-0.05, 0) is 18.1 Å². The summed E-state index contributed by atoms with van der Waals surface area (Å²) in [6.07, 6.45) is 2.51. The van der Waals surface area contributed by atoms with Crippen LogP contribution >= 0.6 is 0 Å². The Kier molecular flexibility index (Phi) is 7.15. The van der Waals surface area contributed by atoms with Crippen LogP contribution in [0.25, 0.3) is 16.9 Å². The molecule has 4 rings (SSSR count). The molecule has 0 saturated heterocycles. The SMILES string of the molecule is CCOC(=CC(=O)C(=O)OC)c1nc2c(=O)n(Cc3ccccc3)cnc2n1Cc1ccccc1. The minimum atomic E-state index is -1.03. The minimum Gasteiger partial charge on any atom is -0.490 e. The minimum absolute atomic E-state index is 0.0471. The van der Waals surface area contributed by atoms with Crippen molar-refractivity contribution in [3.63, 3.8) is 0 Å². The number of imidazole rings is 1. The Balaban J connectivity index is 1.88. The average Bonchev–Trinajstić information content (AvgIpc) is 3.25. The van der Waals surface area contributed by atoms with Gasteiger partial charge >= 0.3 is 5.97 Å². The Hall–Kier alpha value is -4.53. The summed E-state index contributed by atoms with van der Waals surface area (Å²) < 4.78 is 13.4. The Bertz CT molecular complexity index is 1440. The first-order valence-electron chi connectivity index (χ1n) is 11.0. The largest absolute Gasteiger partial charge is 0.490 e. The van der Waals surface area contributed by atoms with Crippen LogP contribution < -0.4 is 5.56 Å². The number of carbonyl (C=O) groups is 2. The summed E-state index contributed by atoms with van der Waals surface area (Å²) in [6, 6.07) is 19.1. The molecule has 9 heteroatoms. The van der Waals surface area contributed by atoms with Crippen molar-refractivity contribution in [1.29, 1.82) is 0 Å². The van der Waals surface area contributed by atoms with E-state index >= 15 is 0 Å². The fourth-order valence-corrected chi connectivity index (χ4v) is 3.63. The second-order valence-electron chi connectivity index (χ2n) is 7.64. The van der Waals surface area contributed by atoms with Crippen LogP contribution in [-0.2, 0) is 32.2 Å². The van der Waals surface area contributed by atoms with Crippen molar-refractivity contribution >= 4 is 28.7 Å². The molecule has 0 spiro atoms. The van der Waals surface area contributed by atoms with E-state index in [-0.39, 0.29) is 29.3 Å². The van der Waals surface area contributed by atoms with E-state index in [0.29, 0.717) is 18.7 Å². The number of rotatable bonds is 9. The van der Waals surface area contributed by atoms with Gasteiger partial charge < -0.3 is 14.0 Å². The summed E-state index contributed by atoms with van der Waals surface area (Å²) in [6.45, 7) is 2.60. The van der Waals surface area contributed by atoms with Crippen molar-refractivity contribution < 1.29 is 19.1 Å². The number of hydrogen-bond donors (Lipinski definition) is 0. The van der Waals surface area contributed by atoms with Gasteiger partial charge in [-0.1, -0.05) is 60.7 Å². The average molecular weight is 473 g/mol. The second-order valence-corrected chi connectivity index (χ2v) is 7.64. The molecule has 178 valence electrons. The van der Waals surface area contributed by atoms with Crippen molar-refractivity contribution in [1.82, 2.24) is 19.1 Å². The van der Waals surface area contributed by atoms with E-state index in [2.05, 4.69) is 14.7 Å². The van der Waals surface area contributed by atoms with E-state index in [0.717, 1.165) is 24.3 Å². The molecule has 0 atom stereocenters. The van der Waals surface area contributed by atoms with Crippen molar-refractivity contribution in [2.75, 3.05) is 13.7 Å². The van der Waals surface area contributed by atoms with Gasteiger partial charge in [0, 0.05) is 6.08 Å². The highest BCUT2D eigenvalue weighted by atomic mass is 16.5. The Morgan fingerprint density at radius 1 is 0.971 bits per heavy atom. The molecular formula is C26H24N4O5. The van der Waals surface area contributed by atoms with Crippen LogP contribution in [0, 0.1) is 0 Å². The number of nitrogens with zero attached hydrogens (tertiary/aromatic N) is 4. The lowest BCUT2D eigenvalue weighted by atomic mass is 10.2. The Labute approximate surface area is 201 Å². The molecule has 2 aromatic heterocycles. The zero-order chi connectivity index (χ0) is 24.8. The third kappa shape index (κ3) is 5.19.